The molecule has 0 radical (unpaired) electrons. The zero-order valence-corrected chi connectivity index (χ0v) is 21.5. The van der Waals surface area contributed by atoms with Crippen LogP contribution in [0.15, 0.2) is 48.5 Å². The number of fused-ring (bicyclic) bond motifs is 13. The summed E-state index contributed by atoms with van der Waals surface area (Å²) in [7, 11) is 3.98. The minimum Gasteiger partial charge on any atom is -0.375 e. The third-order valence-electron chi connectivity index (χ3n) is 9.26. The molecule has 7 heteroatoms. The van der Waals surface area contributed by atoms with Crippen LogP contribution >= 0.6 is 0 Å². The van der Waals surface area contributed by atoms with Crippen LogP contribution in [0.1, 0.15) is 42.4 Å². The normalized spacial score (nSPS) is 26.6. The molecule has 1 amide bonds. The molecule has 37 heavy (non-hydrogen) atoms. The van der Waals surface area contributed by atoms with Crippen molar-refractivity contribution in [3.8, 4) is 0 Å². The van der Waals surface area contributed by atoms with Crippen molar-refractivity contribution in [2.45, 2.75) is 50.9 Å². The number of carbonyl (C=O) groups is 1. The molecular weight excluding hydrogens is 464 g/mol. The van der Waals surface area contributed by atoms with Crippen LogP contribution < -0.4 is 5.32 Å². The Morgan fingerprint density at radius 3 is 2.51 bits per heavy atom. The van der Waals surface area contributed by atoms with Gasteiger partial charge in [-0.3, -0.25) is 4.79 Å². The summed E-state index contributed by atoms with van der Waals surface area (Å²) in [6, 6.07) is 17.1. The molecule has 2 aromatic heterocycles. The lowest BCUT2D eigenvalue weighted by atomic mass is 9.91. The maximum Gasteiger partial charge on any atom is 0.252 e. The largest absolute Gasteiger partial charge is 0.375 e. The fraction of sp³-hybridized carbons (Fsp3) is 0.367. The first kappa shape index (κ1) is 21.7. The van der Waals surface area contributed by atoms with Crippen LogP contribution in [0.4, 0.5) is 0 Å². The van der Waals surface area contributed by atoms with Crippen LogP contribution in [0, 0.1) is 0 Å². The maximum atomic E-state index is 13.4. The summed E-state index contributed by atoms with van der Waals surface area (Å²) in [5.41, 5.74) is 5.57. The lowest BCUT2D eigenvalue weighted by Crippen LogP contribution is -2.60. The van der Waals surface area contributed by atoms with Gasteiger partial charge in [0.05, 0.1) is 27.6 Å². The molecule has 2 unspecified atom stereocenters. The number of hydrogen-bond donors (Lipinski definition) is 1. The summed E-state index contributed by atoms with van der Waals surface area (Å²) in [5.74, 6) is 0.00865. The average Bonchev–Trinajstić information content (AvgIpc) is 3.55. The number of nitrogens with zero attached hydrogens (tertiary/aromatic N) is 3. The van der Waals surface area contributed by atoms with Gasteiger partial charge in [-0.25, -0.2) is 0 Å². The van der Waals surface area contributed by atoms with Crippen LogP contribution in [0.25, 0.3) is 43.6 Å². The summed E-state index contributed by atoms with van der Waals surface area (Å²) in [6.07, 6.45) is 0.397. The fourth-order valence-corrected chi connectivity index (χ4v) is 7.68. The molecule has 5 heterocycles. The van der Waals surface area contributed by atoms with Crippen LogP contribution in [0.2, 0.25) is 0 Å². The van der Waals surface area contributed by atoms with E-state index < -0.39 is 5.72 Å². The Kier molecular flexibility index (Phi) is 4.18. The number of nitrogens with one attached hydrogen (secondary N) is 1. The summed E-state index contributed by atoms with van der Waals surface area (Å²) < 4.78 is 18.3. The van der Waals surface area contributed by atoms with Crippen molar-refractivity contribution >= 4 is 49.5 Å². The number of rotatable bonds is 3. The molecule has 1 fully saturated rings. The molecular formula is C30H30N4O3. The lowest BCUT2D eigenvalue weighted by Gasteiger charge is -2.50. The highest BCUT2D eigenvalue weighted by molar-refractivity contribution is 6.31. The first-order valence-electron chi connectivity index (χ1n) is 13.2. The van der Waals surface area contributed by atoms with Crippen molar-refractivity contribution in [2.24, 2.45) is 0 Å². The topological polar surface area (TPSA) is 60.7 Å². The van der Waals surface area contributed by atoms with Crippen molar-refractivity contribution in [3.05, 3.63) is 59.7 Å². The Hall–Kier alpha value is -3.39. The monoisotopic (exact) mass is 494 g/mol. The number of likely N-dealkylation sites (N-methyl/N-ethyl adjacent to an activating group) is 1. The Bertz CT molecular complexity index is 1800. The molecule has 0 spiro atoms. The van der Waals surface area contributed by atoms with Crippen molar-refractivity contribution < 1.29 is 14.3 Å². The minimum absolute atomic E-state index is 0.00865. The molecule has 0 aliphatic carbocycles. The maximum absolute atomic E-state index is 13.4. The van der Waals surface area contributed by atoms with Crippen molar-refractivity contribution in [1.82, 2.24) is 19.4 Å². The molecule has 4 atom stereocenters. The first-order chi connectivity index (χ1) is 18.0. The average molecular weight is 495 g/mol. The van der Waals surface area contributed by atoms with Gasteiger partial charge in [0.15, 0.2) is 5.72 Å². The standard InChI is InChI=1S/C30H30N4O3/c1-5-32(3)21-14-22-33-19-12-8-6-10-16(19)24-25-18(15-31-29(25)35)23-17-11-7-9-13-20(17)34(27(23)26(24)33)30(2,37-22)28(21)36-4/h6-13,21-22,28H,5,14-15H2,1-4H3,(H,31,35)/t21?,22-,28?,30+/m0/s1. The first-order valence-corrected chi connectivity index (χ1v) is 13.2. The Morgan fingerprint density at radius 2 is 1.78 bits per heavy atom. The van der Waals surface area contributed by atoms with Gasteiger partial charge in [-0.2, -0.15) is 0 Å². The Balaban J connectivity index is 1.67. The van der Waals surface area contributed by atoms with E-state index >= 15 is 0 Å². The van der Waals surface area contributed by atoms with Gasteiger partial charge in [-0.1, -0.05) is 43.3 Å². The van der Waals surface area contributed by atoms with Gasteiger partial charge < -0.3 is 28.8 Å². The van der Waals surface area contributed by atoms with E-state index in [2.05, 4.69) is 88.8 Å². The minimum atomic E-state index is -0.759. The highest BCUT2D eigenvalue weighted by atomic mass is 16.6. The number of hydrogen-bond acceptors (Lipinski definition) is 4. The molecule has 0 saturated carbocycles. The van der Waals surface area contributed by atoms with E-state index in [1.54, 1.807) is 7.11 Å². The summed E-state index contributed by atoms with van der Waals surface area (Å²) in [5, 5.41) is 7.57. The molecule has 1 saturated heterocycles. The number of benzene rings is 3. The number of aromatic nitrogens is 2. The molecule has 5 aromatic rings. The highest BCUT2D eigenvalue weighted by Gasteiger charge is 2.54. The molecule has 1 N–H and O–H groups in total. The van der Waals surface area contributed by atoms with E-state index in [0.29, 0.717) is 6.54 Å². The lowest BCUT2D eigenvalue weighted by molar-refractivity contribution is -0.267. The van der Waals surface area contributed by atoms with Gasteiger partial charge in [-0.05, 0) is 38.2 Å². The number of methoxy groups -OCH3 is 1. The third kappa shape index (κ3) is 2.41. The Labute approximate surface area is 214 Å². The zero-order chi connectivity index (χ0) is 25.2. The zero-order valence-electron chi connectivity index (χ0n) is 21.5. The second-order valence-electron chi connectivity index (χ2n) is 10.9. The summed E-state index contributed by atoms with van der Waals surface area (Å²) in [6.45, 7) is 5.83. The molecule has 3 aromatic carbocycles. The smallest absolute Gasteiger partial charge is 0.252 e. The van der Waals surface area contributed by atoms with Crippen LogP contribution in [-0.4, -0.2) is 52.8 Å². The van der Waals surface area contributed by atoms with Crippen molar-refractivity contribution in [1.29, 1.82) is 0 Å². The molecule has 7 nitrogen and oxygen atoms in total. The van der Waals surface area contributed by atoms with Gasteiger partial charge in [0.25, 0.3) is 5.91 Å². The number of amides is 1. The second-order valence-corrected chi connectivity index (χ2v) is 10.9. The SMILES string of the molecule is CCN(C)C1C[C@@H]2O[C@](C)(C1OC)n1c3ccccc3c3c4c(c5c6ccccc6n2c5c31)C(=O)NC4. The third-order valence-corrected chi connectivity index (χ3v) is 9.26. The van der Waals surface area contributed by atoms with Gasteiger partial charge in [-0.15, -0.1) is 0 Å². The van der Waals surface area contributed by atoms with Gasteiger partial charge in [0.2, 0.25) is 0 Å². The number of ether oxygens (including phenoxy) is 2. The van der Waals surface area contributed by atoms with Gasteiger partial charge in [0.1, 0.15) is 12.3 Å². The van der Waals surface area contributed by atoms with E-state index in [-0.39, 0.29) is 24.3 Å². The molecule has 188 valence electrons. The van der Waals surface area contributed by atoms with Gasteiger partial charge in [0, 0.05) is 47.7 Å². The second kappa shape index (κ2) is 7.13. The Morgan fingerprint density at radius 1 is 1.08 bits per heavy atom. The van der Waals surface area contributed by atoms with E-state index in [9.17, 15) is 4.79 Å². The summed E-state index contributed by atoms with van der Waals surface area (Å²) >= 11 is 0. The number of para-hydroxylation sites is 2. The van der Waals surface area contributed by atoms with Crippen LogP contribution in [-0.2, 0) is 21.7 Å². The van der Waals surface area contributed by atoms with E-state index in [1.807, 2.05) is 0 Å². The fourth-order valence-electron chi connectivity index (χ4n) is 7.68. The van der Waals surface area contributed by atoms with Crippen molar-refractivity contribution in [2.75, 3.05) is 20.7 Å². The molecule has 8 rings (SSSR count). The predicted octanol–water partition coefficient (Wildman–Crippen LogP) is 5.09. The highest BCUT2D eigenvalue weighted by Crippen LogP contribution is 2.54. The van der Waals surface area contributed by atoms with Crippen molar-refractivity contribution in [3.63, 3.8) is 0 Å². The quantitative estimate of drug-likeness (QED) is 0.380. The number of carbonyl (C=O) groups excluding carboxylic acids is 1. The van der Waals surface area contributed by atoms with E-state index in [4.69, 9.17) is 9.47 Å². The molecule has 3 aliphatic heterocycles. The molecule has 3 aliphatic rings. The molecule has 2 bridgehead atoms. The van der Waals surface area contributed by atoms with E-state index in [0.717, 1.165) is 67.7 Å². The van der Waals surface area contributed by atoms with Gasteiger partial charge >= 0.3 is 0 Å². The summed E-state index contributed by atoms with van der Waals surface area (Å²) in [4.78, 5) is 15.8. The predicted molar refractivity (Wildman–Crippen MR) is 145 cm³/mol. The van der Waals surface area contributed by atoms with Crippen LogP contribution in [0.5, 0.6) is 0 Å². The van der Waals surface area contributed by atoms with E-state index in [1.165, 1.54) is 0 Å². The van der Waals surface area contributed by atoms with Crippen LogP contribution in [0.3, 0.4) is 0 Å².